The van der Waals surface area contributed by atoms with Crippen molar-refractivity contribution in [3.63, 3.8) is 0 Å². The number of alkyl halides is 5. The van der Waals surface area contributed by atoms with Gasteiger partial charge in [0.05, 0.1) is 0 Å². The van der Waals surface area contributed by atoms with Crippen LogP contribution in [0.4, 0.5) is 22.0 Å². The van der Waals surface area contributed by atoms with E-state index in [9.17, 15) is 22.0 Å². The predicted octanol–water partition coefficient (Wildman–Crippen LogP) is 4.20. The zero-order valence-corrected chi connectivity index (χ0v) is 8.80. The first-order valence-corrected chi connectivity index (χ1v) is 5.04. The molecule has 0 radical (unpaired) electrons. The van der Waals surface area contributed by atoms with Gasteiger partial charge in [-0.05, 0) is 25.7 Å². The summed E-state index contributed by atoms with van der Waals surface area (Å²) in [5.74, 6) is -0.527. The van der Waals surface area contributed by atoms with E-state index in [1.807, 2.05) is 0 Å². The van der Waals surface area contributed by atoms with Gasteiger partial charge in [0.2, 0.25) is 5.67 Å². The maximum Gasteiger partial charge on any atom is 0.422 e. The molecule has 0 aromatic carbocycles. The monoisotopic (exact) mass is 230 g/mol. The summed E-state index contributed by atoms with van der Waals surface area (Å²) in [6.07, 6.45) is -6.24. The van der Waals surface area contributed by atoms with Crippen LogP contribution in [0, 0.1) is 5.92 Å². The van der Waals surface area contributed by atoms with Crippen molar-refractivity contribution in [2.45, 2.75) is 57.0 Å². The zero-order chi connectivity index (χ0) is 11.9. The quantitative estimate of drug-likeness (QED) is 0.592. The van der Waals surface area contributed by atoms with Crippen LogP contribution in [0.2, 0.25) is 0 Å². The minimum Gasteiger partial charge on any atom is -0.244 e. The van der Waals surface area contributed by atoms with Crippen molar-refractivity contribution in [3.05, 3.63) is 0 Å². The van der Waals surface area contributed by atoms with Crippen molar-refractivity contribution >= 4 is 0 Å². The van der Waals surface area contributed by atoms with Gasteiger partial charge < -0.3 is 0 Å². The van der Waals surface area contributed by atoms with Crippen LogP contribution >= 0.6 is 0 Å². The molecule has 0 heterocycles. The van der Waals surface area contributed by atoms with Crippen molar-refractivity contribution < 1.29 is 22.0 Å². The Balaban J connectivity index is 2.91. The summed E-state index contributed by atoms with van der Waals surface area (Å²) in [4.78, 5) is 0. The third-order valence-corrected chi connectivity index (χ3v) is 3.06. The van der Waals surface area contributed by atoms with Gasteiger partial charge in [-0.15, -0.1) is 0 Å². The van der Waals surface area contributed by atoms with Crippen LogP contribution in [0.25, 0.3) is 0 Å². The first kappa shape index (κ1) is 12.7. The molecule has 0 saturated heterocycles. The Morgan fingerprint density at radius 1 is 1.20 bits per heavy atom. The van der Waals surface area contributed by atoms with Crippen LogP contribution < -0.4 is 0 Å². The van der Waals surface area contributed by atoms with Crippen LogP contribution in [0.5, 0.6) is 0 Å². The number of hydrogen-bond acceptors (Lipinski definition) is 0. The second-order valence-corrected chi connectivity index (χ2v) is 4.74. The van der Waals surface area contributed by atoms with Crippen molar-refractivity contribution in [2.75, 3.05) is 0 Å². The average Bonchev–Trinajstić information content (AvgIpc) is 1.98. The molecule has 1 saturated carbocycles. The highest BCUT2D eigenvalue weighted by atomic mass is 19.4. The maximum absolute atomic E-state index is 13.6. The lowest BCUT2D eigenvalue weighted by atomic mass is 9.71. The molecule has 0 amide bonds. The molecule has 0 bridgehead atoms. The van der Waals surface area contributed by atoms with Crippen LogP contribution in [-0.4, -0.2) is 17.5 Å². The third-order valence-electron chi connectivity index (χ3n) is 3.06. The van der Waals surface area contributed by atoms with Crippen LogP contribution in [0.1, 0.15) is 39.5 Å². The summed E-state index contributed by atoms with van der Waals surface area (Å²) in [6, 6.07) is 0. The predicted molar refractivity (Wildman–Crippen MR) is 47.0 cm³/mol. The Kier molecular flexibility index (Phi) is 3.05. The fraction of sp³-hybridized carbons (Fsp3) is 1.00. The van der Waals surface area contributed by atoms with E-state index in [0.717, 1.165) is 6.92 Å². The maximum atomic E-state index is 13.6. The molecule has 0 aromatic rings. The van der Waals surface area contributed by atoms with Crippen molar-refractivity contribution in [1.82, 2.24) is 0 Å². The van der Waals surface area contributed by atoms with E-state index in [1.165, 1.54) is 0 Å². The lowest BCUT2D eigenvalue weighted by Crippen LogP contribution is -2.51. The second kappa shape index (κ2) is 3.59. The standard InChI is InChI=1S/C10H15F5/c1-3-7-4-8(2,11)6-9(12,5-7)10(13,14)15/h7H,3-6H2,1-2H3. The zero-order valence-electron chi connectivity index (χ0n) is 8.80. The van der Waals surface area contributed by atoms with Gasteiger partial charge >= 0.3 is 6.18 Å². The first-order chi connectivity index (χ1) is 6.60. The first-order valence-electron chi connectivity index (χ1n) is 5.04. The Hall–Kier alpha value is -0.350. The highest BCUT2D eigenvalue weighted by molar-refractivity contribution is 5.00. The molecule has 0 aliphatic heterocycles. The summed E-state index contributed by atoms with van der Waals surface area (Å²) >= 11 is 0. The van der Waals surface area contributed by atoms with Crippen molar-refractivity contribution in [1.29, 1.82) is 0 Å². The third kappa shape index (κ3) is 2.61. The summed E-state index contributed by atoms with van der Waals surface area (Å²) in [7, 11) is 0. The smallest absolute Gasteiger partial charge is 0.244 e. The molecular formula is C10H15F5. The van der Waals surface area contributed by atoms with E-state index in [4.69, 9.17) is 0 Å². The Bertz CT molecular complexity index is 232. The highest BCUT2D eigenvalue weighted by Gasteiger charge is 2.61. The van der Waals surface area contributed by atoms with E-state index < -0.39 is 36.3 Å². The highest BCUT2D eigenvalue weighted by Crippen LogP contribution is 2.51. The van der Waals surface area contributed by atoms with Gasteiger partial charge in [-0.25, -0.2) is 8.78 Å². The Labute approximate surface area is 85.8 Å². The van der Waals surface area contributed by atoms with E-state index in [0.29, 0.717) is 6.42 Å². The topological polar surface area (TPSA) is 0 Å². The molecule has 0 N–H and O–H groups in total. The molecule has 1 aliphatic rings. The molecule has 0 nitrogen and oxygen atoms in total. The van der Waals surface area contributed by atoms with Crippen LogP contribution in [-0.2, 0) is 0 Å². The van der Waals surface area contributed by atoms with E-state index in [1.54, 1.807) is 6.92 Å². The minimum absolute atomic E-state index is 0.0191. The van der Waals surface area contributed by atoms with Gasteiger partial charge in [-0.3, -0.25) is 0 Å². The molecule has 1 rings (SSSR count). The fourth-order valence-corrected chi connectivity index (χ4v) is 2.36. The normalized spacial score (nSPS) is 43.0. The van der Waals surface area contributed by atoms with Gasteiger partial charge in [0.15, 0.2) is 0 Å². The number of rotatable bonds is 1. The summed E-state index contributed by atoms with van der Waals surface area (Å²) in [6.45, 7) is 2.71. The summed E-state index contributed by atoms with van der Waals surface area (Å²) in [5, 5.41) is 0. The molecular weight excluding hydrogens is 215 g/mol. The molecule has 1 aliphatic carbocycles. The van der Waals surface area contributed by atoms with Crippen LogP contribution in [0.15, 0.2) is 0 Å². The number of halogens is 5. The molecule has 0 spiro atoms. The lowest BCUT2D eigenvalue weighted by molar-refractivity contribution is -0.256. The lowest BCUT2D eigenvalue weighted by Gasteiger charge is -2.41. The van der Waals surface area contributed by atoms with Gasteiger partial charge in [0.1, 0.15) is 5.67 Å². The molecule has 3 unspecified atom stereocenters. The Morgan fingerprint density at radius 2 is 1.73 bits per heavy atom. The molecule has 90 valence electrons. The summed E-state index contributed by atoms with van der Waals surface area (Å²) in [5.41, 5.74) is -5.40. The largest absolute Gasteiger partial charge is 0.422 e. The Morgan fingerprint density at radius 3 is 2.13 bits per heavy atom. The molecule has 15 heavy (non-hydrogen) atoms. The SMILES string of the molecule is CCC1CC(C)(F)CC(F)(C(F)(F)F)C1. The summed E-state index contributed by atoms with van der Waals surface area (Å²) < 4.78 is 64.6. The van der Waals surface area contributed by atoms with Crippen molar-refractivity contribution in [2.24, 2.45) is 5.92 Å². The second-order valence-electron chi connectivity index (χ2n) is 4.74. The molecule has 5 heteroatoms. The van der Waals surface area contributed by atoms with E-state index in [-0.39, 0.29) is 6.42 Å². The van der Waals surface area contributed by atoms with Gasteiger partial charge in [0.25, 0.3) is 0 Å². The number of hydrogen-bond donors (Lipinski definition) is 0. The van der Waals surface area contributed by atoms with Crippen LogP contribution in [0.3, 0.4) is 0 Å². The molecule has 0 aromatic heterocycles. The molecule has 1 fully saturated rings. The van der Waals surface area contributed by atoms with Gasteiger partial charge in [0, 0.05) is 6.42 Å². The van der Waals surface area contributed by atoms with E-state index in [2.05, 4.69) is 0 Å². The average molecular weight is 230 g/mol. The van der Waals surface area contributed by atoms with Gasteiger partial charge in [-0.1, -0.05) is 13.3 Å². The minimum atomic E-state index is -4.96. The van der Waals surface area contributed by atoms with Crippen molar-refractivity contribution in [3.8, 4) is 0 Å². The van der Waals surface area contributed by atoms with E-state index >= 15 is 0 Å². The molecule has 3 atom stereocenters. The van der Waals surface area contributed by atoms with Gasteiger partial charge in [-0.2, -0.15) is 13.2 Å². The fourth-order valence-electron chi connectivity index (χ4n) is 2.36.